The summed E-state index contributed by atoms with van der Waals surface area (Å²) in [6.45, 7) is 1.84. The number of hydrogen-bond acceptors (Lipinski definition) is 2. The summed E-state index contributed by atoms with van der Waals surface area (Å²) in [6, 6.07) is 13.2. The minimum Gasteiger partial charge on any atom is -0.231 e. The Balaban J connectivity index is 2.33. The van der Waals surface area contributed by atoms with Crippen LogP contribution < -0.4 is 0 Å². The van der Waals surface area contributed by atoms with Crippen LogP contribution in [0.2, 0.25) is 0 Å². The molecule has 0 amide bonds. The molecule has 0 bridgehead atoms. The molecule has 0 aliphatic carbocycles. The summed E-state index contributed by atoms with van der Waals surface area (Å²) in [4.78, 5) is 0. The van der Waals surface area contributed by atoms with Gasteiger partial charge in [0.1, 0.15) is 17.4 Å². The van der Waals surface area contributed by atoms with Gasteiger partial charge in [-0.15, -0.1) is 0 Å². The molecule has 3 aromatic rings. The molecule has 25 heavy (non-hydrogen) atoms. The van der Waals surface area contributed by atoms with E-state index in [0.29, 0.717) is 5.56 Å². The first kappa shape index (κ1) is 16.7. The van der Waals surface area contributed by atoms with E-state index in [1.807, 2.05) is 6.92 Å². The van der Waals surface area contributed by atoms with Crippen molar-refractivity contribution in [3.8, 4) is 23.0 Å². The fourth-order valence-corrected chi connectivity index (χ4v) is 2.47. The fourth-order valence-electron chi connectivity index (χ4n) is 2.47. The van der Waals surface area contributed by atoms with Crippen molar-refractivity contribution in [2.24, 2.45) is 0 Å². The monoisotopic (exact) mass is 345 g/mol. The Morgan fingerprint density at radius 3 is 2.12 bits per heavy atom. The Labute approximate surface area is 140 Å². The zero-order valence-electron chi connectivity index (χ0n) is 13.0. The van der Waals surface area contributed by atoms with Crippen LogP contribution in [0.25, 0.3) is 16.9 Å². The van der Waals surface area contributed by atoms with Crippen molar-refractivity contribution in [2.45, 2.75) is 13.1 Å². The van der Waals surface area contributed by atoms with Gasteiger partial charge in [-0.2, -0.15) is 23.5 Å². The van der Waals surface area contributed by atoms with Crippen molar-refractivity contribution in [1.82, 2.24) is 9.78 Å². The van der Waals surface area contributed by atoms with Gasteiger partial charge in [-0.1, -0.05) is 29.8 Å². The number of hydrogen-bond donors (Lipinski definition) is 0. The van der Waals surface area contributed by atoms with Crippen molar-refractivity contribution in [3.63, 3.8) is 0 Å². The van der Waals surface area contributed by atoms with Crippen molar-refractivity contribution >= 4 is 0 Å². The van der Waals surface area contributed by atoms with E-state index in [-0.39, 0.29) is 11.4 Å². The van der Waals surface area contributed by atoms with Gasteiger partial charge in [0, 0.05) is 5.56 Å². The quantitative estimate of drug-likeness (QED) is 0.621. The second kappa shape index (κ2) is 6.06. The first-order chi connectivity index (χ1) is 11.8. The van der Waals surface area contributed by atoms with E-state index >= 15 is 0 Å². The predicted octanol–water partition coefficient (Wildman–Crippen LogP) is 4.88. The van der Waals surface area contributed by atoms with Crippen molar-refractivity contribution in [2.75, 3.05) is 0 Å². The number of nitriles is 1. The minimum atomic E-state index is -4.78. The molecule has 0 N–H and O–H groups in total. The van der Waals surface area contributed by atoms with Crippen LogP contribution in [0.5, 0.6) is 0 Å². The number of aryl methyl sites for hydroxylation is 1. The third-order valence-corrected chi connectivity index (χ3v) is 3.66. The van der Waals surface area contributed by atoms with E-state index in [2.05, 4.69) is 5.10 Å². The van der Waals surface area contributed by atoms with Crippen LogP contribution >= 0.6 is 0 Å². The highest BCUT2D eigenvalue weighted by Gasteiger charge is 2.40. The molecule has 0 radical (unpaired) electrons. The lowest BCUT2D eigenvalue weighted by molar-refractivity contribution is -0.141. The van der Waals surface area contributed by atoms with Gasteiger partial charge < -0.3 is 0 Å². The van der Waals surface area contributed by atoms with Crippen LogP contribution in [0.3, 0.4) is 0 Å². The topological polar surface area (TPSA) is 41.6 Å². The summed E-state index contributed by atoms with van der Waals surface area (Å²) in [5.41, 5.74) is -0.262. The van der Waals surface area contributed by atoms with Gasteiger partial charge in [0.25, 0.3) is 0 Å². The van der Waals surface area contributed by atoms with E-state index in [1.165, 1.54) is 12.1 Å². The molecule has 3 nitrogen and oxygen atoms in total. The average molecular weight is 345 g/mol. The molecule has 0 aliphatic rings. The maximum absolute atomic E-state index is 13.3. The first-order valence-corrected chi connectivity index (χ1v) is 7.24. The maximum atomic E-state index is 13.3. The molecular weight excluding hydrogens is 334 g/mol. The Bertz CT molecular complexity index is 946. The smallest absolute Gasteiger partial charge is 0.231 e. The normalized spacial score (nSPS) is 11.4. The lowest BCUT2D eigenvalue weighted by atomic mass is 10.0. The molecule has 0 saturated heterocycles. The van der Waals surface area contributed by atoms with Gasteiger partial charge in [0.15, 0.2) is 5.69 Å². The zero-order valence-corrected chi connectivity index (χ0v) is 13.0. The van der Waals surface area contributed by atoms with Crippen LogP contribution in [0.15, 0.2) is 48.5 Å². The molecule has 1 heterocycles. The van der Waals surface area contributed by atoms with Crippen molar-refractivity contribution < 1.29 is 17.6 Å². The largest absolute Gasteiger partial charge is 0.436 e. The molecule has 0 aliphatic heterocycles. The highest BCUT2D eigenvalue weighted by Crippen LogP contribution is 2.37. The van der Waals surface area contributed by atoms with Gasteiger partial charge >= 0.3 is 6.18 Å². The molecule has 0 atom stereocenters. The Hall–Kier alpha value is -3.14. The van der Waals surface area contributed by atoms with E-state index in [0.717, 1.165) is 22.4 Å². The first-order valence-electron chi connectivity index (χ1n) is 7.24. The summed E-state index contributed by atoms with van der Waals surface area (Å²) < 4.78 is 54.1. The van der Waals surface area contributed by atoms with E-state index in [9.17, 15) is 22.8 Å². The summed E-state index contributed by atoms with van der Waals surface area (Å²) in [6.07, 6.45) is -4.78. The van der Waals surface area contributed by atoms with Crippen LogP contribution in [0.1, 0.15) is 16.8 Å². The second-order valence-electron chi connectivity index (χ2n) is 5.44. The number of alkyl halides is 3. The molecule has 0 saturated carbocycles. The molecule has 2 aromatic carbocycles. The molecule has 7 heteroatoms. The Morgan fingerprint density at radius 2 is 1.60 bits per heavy atom. The number of nitrogens with zero attached hydrogens (tertiary/aromatic N) is 3. The minimum absolute atomic E-state index is 0.0152. The molecule has 0 unspecified atom stereocenters. The van der Waals surface area contributed by atoms with Crippen molar-refractivity contribution in [1.29, 1.82) is 5.26 Å². The lowest BCUT2D eigenvalue weighted by Gasteiger charge is -2.08. The molecule has 0 fully saturated rings. The number of benzene rings is 2. The third kappa shape index (κ3) is 3.11. The molecule has 1 aromatic heterocycles. The molecule has 126 valence electrons. The highest BCUT2D eigenvalue weighted by molar-refractivity contribution is 5.71. The third-order valence-electron chi connectivity index (χ3n) is 3.66. The fraction of sp³-hybridized carbons (Fsp3) is 0.111. The van der Waals surface area contributed by atoms with Gasteiger partial charge in [-0.05, 0) is 31.2 Å². The lowest BCUT2D eigenvalue weighted by Crippen LogP contribution is -2.08. The summed E-state index contributed by atoms with van der Waals surface area (Å²) in [5.74, 6) is -0.524. The van der Waals surface area contributed by atoms with Crippen LogP contribution in [0.4, 0.5) is 17.6 Å². The van der Waals surface area contributed by atoms with E-state index in [1.54, 1.807) is 30.3 Å². The number of aromatic nitrogens is 2. The predicted molar refractivity (Wildman–Crippen MR) is 83.4 cm³/mol. The summed E-state index contributed by atoms with van der Waals surface area (Å²) >= 11 is 0. The van der Waals surface area contributed by atoms with Crippen LogP contribution in [0, 0.1) is 24.1 Å². The Kier molecular flexibility index (Phi) is 4.05. The van der Waals surface area contributed by atoms with Crippen molar-refractivity contribution in [3.05, 3.63) is 71.2 Å². The number of halogens is 4. The van der Waals surface area contributed by atoms with Gasteiger partial charge in [0.05, 0.1) is 11.4 Å². The summed E-state index contributed by atoms with van der Waals surface area (Å²) in [5, 5.41) is 12.9. The summed E-state index contributed by atoms with van der Waals surface area (Å²) in [7, 11) is 0. The van der Waals surface area contributed by atoms with Crippen LogP contribution in [-0.2, 0) is 6.18 Å². The second-order valence-corrected chi connectivity index (χ2v) is 5.44. The highest BCUT2D eigenvalue weighted by atomic mass is 19.4. The molecule has 0 spiro atoms. The standard InChI is InChI=1S/C18H11F4N3/c1-11-2-4-12(5-3-11)16-15(10-23)17(18(20,21)22)24-25(16)14-8-6-13(19)7-9-14/h2-9H,1H3. The average Bonchev–Trinajstić information content (AvgIpc) is 2.96. The van der Waals surface area contributed by atoms with Gasteiger partial charge in [-0.3, -0.25) is 0 Å². The van der Waals surface area contributed by atoms with Gasteiger partial charge in [0.2, 0.25) is 0 Å². The Morgan fingerprint density at radius 1 is 1.00 bits per heavy atom. The molecule has 3 rings (SSSR count). The van der Waals surface area contributed by atoms with E-state index < -0.39 is 23.3 Å². The van der Waals surface area contributed by atoms with Gasteiger partial charge in [-0.25, -0.2) is 9.07 Å². The SMILES string of the molecule is Cc1ccc(-c2c(C#N)c(C(F)(F)F)nn2-c2ccc(F)cc2)cc1. The maximum Gasteiger partial charge on any atom is 0.436 e. The molecular formula is C18H11F4N3. The van der Waals surface area contributed by atoms with E-state index in [4.69, 9.17) is 0 Å². The van der Waals surface area contributed by atoms with Crippen LogP contribution in [-0.4, -0.2) is 9.78 Å². The number of rotatable bonds is 2. The zero-order chi connectivity index (χ0) is 18.2.